The lowest BCUT2D eigenvalue weighted by Crippen LogP contribution is -2.42. The predicted molar refractivity (Wildman–Crippen MR) is 75.7 cm³/mol. The zero-order chi connectivity index (χ0) is 15.3. The van der Waals surface area contributed by atoms with Crippen molar-refractivity contribution in [3.05, 3.63) is 29.6 Å². The number of nitrogen functional groups attached to an aromatic ring is 1. The number of benzene rings is 1. The van der Waals surface area contributed by atoms with Gasteiger partial charge in [-0.05, 0) is 39.0 Å². The minimum atomic E-state index is -0.679. The van der Waals surface area contributed by atoms with Crippen LogP contribution in [-0.2, 0) is 4.79 Å². The van der Waals surface area contributed by atoms with Gasteiger partial charge in [-0.1, -0.05) is 0 Å². The monoisotopic (exact) mass is 281 g/mol. The quantitative estimate of drug-likeness (QED) is 0.730. The average molecular weight is 281 g/mol. The molecule has 1 rings (SSSR count). The van der Waals surface area contributed by atoms with Crippen LogP contribution in [-0.4, -0.2) is 23.9 Å². The van der Waals surface area contributed by atoms with E-state index in [-0.39, 0.29) is 35.7 Å². The van der Waals surface area contributed by atoms with Gasteiger partial charge in [-0.3, -0.25) is 9.59 Å². The molecule has 0 bridgehead atoms. The second-order valence-corrected chi connectivity index (χ2v) is 5.54. The summed E-state index contributed by atoms with van der Waals surface area (Å²) in [7, 11) is 0. The Morgan fingerprint density at radius 1 is 1.30 bits per heavy atom. The molecule has 1 aromatic rings. The Morgan fingerprint density at radius 3 is 2.50 bits per heavy atom. The zero-order valence-corrected chi connectivity index (χ0v) is 11.9. The third kappa shape index (κ3) is 5.26. The second kappa shape index (κ2) is 6.36. The molecule has 0 unspecified atom stereocenters. The van der Waals surface area contributed by atoms with E-state index in [1.54, 1.807) is 0 Å². The van der Waals surface area contributed by atoms with Crippen LogP contribution in [0.4, 0.5) is 10.1 Å². The fourth-order valence-corrected chi connectivity index (χ4v) is 1.58. The van der Waals surface area contributed by atoms with Gasteiger partial charge in [0.15, 0.2) is 0 Å². The third-order valence-electron chi connectivity index (χ3n) is 2.39. The highest BCUT2D eigenvalue weighted by molar-refractivity contribution is 5.95. The van der Waals surface area contributed by atoms with Crippen LogP contribution in [0.15, 0.2) is 18.2 Å². The van der Waals surface area contributed by atoms with Crippen molar-refractivity contribution in [2.24, 2.45) is 0 Å². The van der Waals surface area contributed by atoms with Crippen LogP contribution < -0.4 is 16.4 Å². The molecule has 0 aromatic heterocycles. The Balaban J connectivity index is 2.46. The van der Waals surface area contributed by atoms with Crippen molar-refractivity contribution in [3.8, 4) is 0 Å². The Bertz CT molecular complexity index is 510. The number of amides is 2. The molecule has 6 heteroatoms. The summed E-state index contributed by atoms with van der Waals surface area (Å²) in [5.74, 6) is -1.41. The molecule has 2 amide bonds. The van der Waals surface area contributed by atoms with Gasteiger partial charge in [0.1, 0.15) is 5.82 Å². The van der Waals surface area contributed by atoms with Gasteiger partial charge in [0.05, 0.1) is 5.56 Å². The van der Waals surface area contributed by atoms with Gasteiger partial charge in [-0.25, -0.2) is 4.39 Å². The number of carbonyl (C=O) groups is 2. The minimum absolute atomic E-state index is 0.0876. The van der Waals surface area contributed by atoms with E-state index in [2.05, 4.69) is 10.6 Å². The molecule has 0 aliphatic carbocycles. The topological polar surface area (TPSA) is 84.2 Å². The molecule has 20 heavy (non-hydrogen) atoms. The fraction of sp³-hybridized carbons (Fsp3) is 0.429. The highest BCUT2D eigenvalue weighted by Gasteiger charge is 2.15. The molecule has 0 atom stereocenters. The fourth-order valence-electron chi connectivity index (χ4n) is 1.58. The molecule has 110 valence electrons. The lowest BCUT2D eigenvalue weighted by Gasteiger charge is -2.20. The van der Waals surface area contributed by atoms with Crippen LogP contribution >= 0.6 is 0 Å². The number of nitrogens with one attached hydrogen (secondary N) is 2. The van der Waals surface area contributed by atoms with Gasteiger partial charge in [-0.15, -0.1) is 0 Å². The standard InChI is InChI=1S/C14H20FN3O2/c1-14(2,3)18-12(19)6-7-17-13(20)10-5-4-9(16)8-11(10)15/h4-5,8H,6-7,16H2,1-3H3,(H,17,20)(H,18,19). The van der Waals surface area contributed by atoms with Crippen LogP contribution in [0.25, 0.3) is 0 Å². The highest BCUT2D eigenvalue weighted by atomic mass is 19.1. The summed E-state index contributed by atoms with van der Waals surface area (Å²) < 4.78 is 13.5. The van der Waals surface area contributed by atoms with Gasteiger partial charge in [0.2, 0.25) is 5.91 Å². The molecule has 0 saturated heterocycles. The van der Waals surface area contributed by atoms with Gasteiger partial charge in [0, 0.05) is 24.2 Å². The number of carbonyl (C=O) groups excluding carboxylic acids is 2. The van der Waals surface area contributed by atoms with Crippen LogP contribution in [0.2, 0.25) is 0 Å². The predicted octanol–water partition coefficient (Wildman–Crippen LogP) is 1.44. The number of rotatable bonds is 4. The molecular weight excluding hydrogens is 261 g/mol. The van der Waals surface area contributed by atoms with Gasteiger partial charge in [-0.2, -0.15) is 0 Å². The van der Waals surface area contributed by atoms with E-state index >= 15 is 0 Å². The number of halogens is 1. The first-order valence-electron chi connectivity index (χ1n) is 6.33. The molecular formula is C14H20FN3O2. The first kappa shape index (κ1) is 15.9. The molecule has 5 nitrogen and oxygen atoms in total. The average Bonchev–Trinajstić information content (AvgIpc) is 2.25. The van der Waals surface area contributed by atoms with E-state index in [0.717, 1.165) is 6.07 Å². The summed E-state index contributed by atoms with van der Waals surface area (Å²) >= 11 is 0. The van der Waals surface area contributed by atoms with E-state index in [1.165, 1.54) is 12.1 Å². The smallest absolute Gasteiger partial charge is 0.254 e. The Morgan fingerprint density at radius 2 is 1.95 bits per heavy atom. The van der Waals surface area contributed by atoms with E-state index < -0.39 is 11.7 Å². The molecule has 0 fully saturated rings. The number of hydrogen-bond acceptors (Lipinski definition) is 3. The van der Waals surface area contributed by atoms with E-state index in [1.807, 2.05) is 20.8 Å². The summed E-state index contributed by atoms with van der Waals surface area (Å²) in [5, 5.41) is 5.27. The maximum absolute atomic E-state index is 13.5. The lowest BCUT2D eigenvalue weighted by atomic mass is 10.1. The van der Waals surface area contributed by atoms with Crippen LogP contribution in [0.1, 0.15) is 37.6 Å². The van der Waals surface area contributed by atoms with Gasteiger partial charge in [0.25, 0.3) is 5.91 Å². The zero-order valence-electron chi connectivity index (χ0n) is 11.9. The lowest BCUT2D eigenvalue weighted by molar-refractivity contribution is -0.122. The van der Waals surface area contributed by atoms with Crippen molar-refractivity contribution in [1.82, 2.24) is 10.6 Å². The molecule has 0 radical (unpaired) electrons. The third-order valence-corrected chi connectivity index (χ3v) is 2.39. The Hall–Kier alpha value is -2.11. The summed E-state index contributed by atoms with van der Waals surface area (Å²) in [4.78, 5) is 23.3. The molecule has 4 N–H and O–H groups in total. The van der Waals surface area contributed by atoms with Gasteiger partial charge < -0.3 is 16.4 Å². The van der Waals surface area contributed by atoms with E-state index in [9.17, 15) is 14.0 Å². The Kier molecular flexibility index (Phi) is 5.07. The molecule has 0 spiro atoms. The molecule has 0 heterocycles. The van der Waals surface area contributed by atoms with Crippen molar-refractivity contribution < 1.29 is 14.0 Å². The van der Waals surface area contributed by atoms with Crippen LogP contribution in [0.5, 0.6) is 0 Å². The number of nitrogens with two attached hydrogens (primary N) is 1. The minimum Gasteiger partial charge on any atom is -0.399 e. The summed E-state index contributed by atoms with van der Waals surface area (Å²) in [6.07, 6.45) is 0.138. The van der Waals surface area contributed by atoms with Gasteiger partial charge >= 0.3 is 0 Å². The first-order valence-corrected chi connectivity index (χ1v) is 6.33. The van der Waals surface area contributed by atoms with E-state index in [4.69, 9.17) is 5.73 Å². The molecule has 0 aliphatic rings. The van der Waals surface area contributed by atoms with Crippen molar-refractivity contribution in [2.75, 3.05) is 12.3 Å². The number of hydrogen-bond donors (Lipinski definition) is 3. The largest absolute Gasteiger partial charge is 0.399 e. The maximum atomic E-state index is 13.5. The van der Waals surface area contributed by atoms with Crippen LogP contribution in [0.3, 0.4) is 0 Å². The van der Waals surface area contributed by atoms with Crippen LogP contribution in [0, 0.1) is 5.82 Å². The normalized spacial score (nSPS) is 11.0. The Labute approximate surface area is 117 Å². The second-order valence-electron chi connectivity index (χ2n) is 5.54. The number of anilines is 1. The molecule has 0 saturated carbocycles. The summed E-state index contributed by atoms with van der Waals surface area (Å²) in [6, 6.07) is 3.85. The van der Waals surface area contributed by atoms with Crippen molar-refractivity contribution in [1.29, 1.82) is 0 Å². The summed E-state index contributed by atoms with van der Waals surface area (Å²) in [5.41, 5.74) is 5.25. The highest BCUT2D eigenvalue weighted by Crippen LogP contribution is 2.11. The van der Waals surface area contributed by atoms with E-state index in [0.29, 0.717) is 0 Å². The molecule has 1 aromatic carbocycles. The van der Waals surface area contributed by atoms with Crippen molar-refractivity contribution in [2.45, 2.75) is 32.7 Å². The van der Waals surface area contributed by atoms with Crippen molar-refractivity contribution >= 4 is 17.5 Å². The SMILES string of the molecule is CC(C)(C)NC(=O)CCNC(=O)c1ccc(N)cc1F. The molecule has 0 aliphatic heterocycles. The first-order chi connectivity index (χ1) is 9.19. The summed E-state index contributed by atoms with van der Waals surface area (Å²) in [6.45, 7) is 5.75. The maximum Gasteiger partial charge on any atom is 0.254 e. The van der Waals surface area contributed by atoms with Crippen molar-refractivity contribution in [3.63, 3.8) is 0 Å².